The van der Waals surface area contributed by atoms with Crippen LogP contribution in [-0.2, 0) is 0 Å². The van der Waals surface area contributed by atoms with Crippen LogP contribution in [0.2, 0.25) is 0 Å². The molecule has 1 heterocycles. The van der Waals surface area contributed by atoms with Gasteiger partial charge < -0.3 is 5.11 Å². The first-order valence-corrected chi connectivity index (χ1v) is 6.08. The van der Waals surface area contributed by atoms with E-state index in [1.54, 1.807) is 29.5 Å². The molecule has 5 heteroatoms. The van der Waals surface area contributed by atoms with Crippen molar-refractivity contribution in [1.29, 1.82) is 0 Å². The molecule has 0 bridgehead atoms. The second kappa shape index (κ2) is 3.71. The number of hydrogen-bond donors (Lipinski definition) is 2. The van der Waals surface area contributed by atoms with E-state index in [1.807, 2.05) is 0 Å². The topological polar surface area (TPSA) is 37.3 Å². The monoisotopic (exact) mass is 336 g/mol. The minimum Gasteiger partial charge on any atom is -0.478 e. The highest BCUT2D eigenvalue weighted by molar-refractivity contribution is 14.1. The molecule has 0 unspecified atom stereocenters. The summed E-state index contributed by atoms with van der Waals surface area (Å²) in [5.74, 6) is -0.893. The van der Waals surface area contributed by atoms with Crippen LogP contribution in [0.15, 0.2) is 23.1 Å². The molecule has 0 spiro atoms. The van der Waals surface area contributed by atoms with Gasteiger partial charge in [0.25, 0.3) is 0 Å². The zero-order valence-electron chi connectivity index (χ0n) is 6.82. The third-order valence-corrected chi connectivity index (χ3v) is 5.05. The van der Waals surface area contributed by atoms with E-state index in [-0.39, 0.29) is 0 Å². The van der Waals surface area contributed by atoms with E-state index in [0.717, 1.165) is 17.9 Å². The molecule has 1 aromatic carbocycles. The predicted octanol–water partition coefficient (Wildman–Crippen LogP) is 3.49. The highest BCUT2D eigenvalue weighted by atomic mass is 127. The lowest BCUT2D eigenvalue weighted by Gasteiger charge is -1.94. The summed E-state index contributed by atoms with van der Waals surface area (Å²) in [6.07, 6.45) is 0. The molecule has 0 atom stereocenters. The number of halogens is 1. The maximum atomic E-state index is 10.7. The second-order valence-electron chi connectivity index (χ2n) is 2.74. The van der Waals surface area contributed by atoms with Gasteiger partial charge >= 0.3 is 5.97 Å². The Hall–Kier alpha value is -0.270. The lowest BCUT2D eigenvalue weighted by molar-refractivity contribution is 0.0697. The van der Waals surface area contributed by atoms with Gasteiger partial charge in [0.2, 0.25) is 0 Å². The Morgan fingerprint density at radius 2 is 2.21 bits per heavy atom. The Kier molecular flexibility index (Phi) is 2.72. The Morgan fingerprint density at radius 1 is 1.50 bits per heavy atom. The first-order valence-electron chi connectivity index (χ1n) is 3.74. The van der Waals surface area contributed by atoms with Crippen LogP contribution in [0.4, 0.5) is 0 Å². The van der Waals surface area contributed by atoms with Gasteiger partial charge in [-0.15, -0.1) is 24.0 Å². The minimum atomic E-state index is -0.893. The molecule has 2 rings (SSSR count). The number of carboxylic acid groups (broad SMARTS) is 1. The molecule has 0 aliphatic rings. The maximum absolute atomic E-state index is 10.7. The van der Waals surface area contributed by atoms with E-state index in [1.165, 1.54) is 0 Å². The van der Waals surface area contributed by atoms with Gasteiger partial charge in [-0.05, 0) is 34.7 Å². The van der Waals surface area contributed by atoms with Crippen molar-refractivity contribution in [2.45, 2.75) is 4.90 Å². The normalized spacial score (nSPS) is 10.7. The Labute approximate surface area is 103 Å². The molecule has 0 aliphatic heterocycles. The molecular weight excluding hydrogens is 331 g/mol. The molecule has 0 fully saturated rings. The number of carbonyl (C=O) groups is 1. The number of rotatable bonds is 1. The number of thiophene rings is 1. The number of fused-ring (bicyclic) bond motifs is 1. The third-order valence-electron chi connectivity index (χ3n) is 1.87. The molecule has 0 amide bonds. The molecule has 0 aliphatic carbocycles. The van der Waals surface area contributed by atoms with Crippen LogP contribution in [-0.4, -0.2) is 11.1 Å². The average Bonchev–Trinajstić information content (AvgIpc) is 2.42. The number of benzene rings is 1. The van der Waals surface area contributed by atoms with Crippen molar-refractivity contribution in [3.05, 3.63) is 26.6 Å². The smallest absolute Gasteiger partial charge is 0.335 e. The highest BCUT2D eigenvalue weighted by Gasteiger charge is 2.09. The van der Waals surface area contributed by atoms with Gasteiger partial charge in [0.1, 0.15) is 0 Å². The van der Waals surface area contributed by atoms with Crippen LogP contribution >= 0.6 is 46.6 Å². The van der Waals surface area contributed by atoms with Crippen molar-refractivity contribution in [3.8, 4) is 0 Å². The molecule has 0 saturated heterocycles. The van der Waals surface area contributed by atoms with Crippen LogP contribution in [0.3, 0.4) is 0 Å². The summed E-state index contributed by atoms with van der Waals surface area (Å²) >= 11 is 8.11. The SMILES string of the molecule is O=C(O)c1ccc2c(S)c(I)sc2c1. The lowest BCUT2D eigenvalue weighted by atomic mass is 10.2. The molecule has 14 heavy (non-hydrogen) atoms. The van der Waals surface area contributed by atoms with Crippen LogP contribution in [0.1, 0.15) is 10.4 Å². The maximum Gasteiger partial charge on any atom is 0.335 e. The Morgan fingerprint density at radius 3 is 2.86 bits per heavy atom. The second-order valence-corrected chi connectivity index (χ2v) is 6.05. The van der Waals surface area contributed by atoms with Gasteiger partial charge in [0.15, 0.2) is 0 Å². The van der Waals surface area contributed by atoms with Crippen LogP contribution < -0.4 is 0 Å². The van der Waals surface area contributed by atoms with Gasteiger partial charge in [0.05, 0.1) is 8.45 Å². The van der Waals surface area contributed by atoms with Crippen LogP contribution in [0.25, 0.3) is 10.1 Å². The molecule has 1 aromatic heterocycles. The summed E-state index contributed by atoms with van der Waals surface area (Å²) in [6, 6.07) is 5.09. The summed E-state index contributed by atoms with van der Waals surface area (Å²) in [5.41, 5.74) is 0.323. The quantitative estimate of drug-likeness (QED) is 0.618. The highest BCUT2D eigenvalue weighted by Crippen LogP contribution is 2.35. The van der Waals surface area contributed by atoms with Crippen molar-refractivity contribution in [1.82, 2.24) is 0 Å². The van der Waals surface area contributed by atoms with Crippen molar-refractivity contribution in [2.24, 2.45) is 0 Å². The van der Waals surface area contributed by atoms with Crippen molar-refractivity contribution in [2.75, 3.05) is 0 Å². The summed E-state index contributed by atoms with van der Waals surface area (Å²) in [6.45, 7) is 0. The lowest BCUT2D eigenvalue weighted by Crippen LogP contribution is -1.94. The fourth-order valence-corrected chi connectivity index (χ4v) is 3.46. The number of aromatic carboxylic acids is 1. The molecule has 72 valence electrons. The third kappa shape index (κ3) is 1.64. The fourth-order valence-electron chi connectivity index (χ4n) is 1.19. The van der Waals surface area contributed by atoms with Crippen LogP contribution in [0.5, 0.6) is 0 Å². The van der Waals surface area contributed by atoms with Gasteiger partial charge in [-0.1, -0.05) is 6.07 Å². The molecule has 2 aromatic rings. The van der Waals surface area contributed by atoms with Crippen LogP contribution in [0, 0.1) is 2.88 Å². The summed E-state index contributed by atoms with van der Waals surface area (Å²) < 4.78 is 2.06. The van der Waals surface area contributed by atoms with Gasteiger partial charge in [0, 0.05) is 15.0 Å². The number of carboxylic acids is 1. The Balaban J connectivity index is 2.73. The van der Waals surface area contributed by atoms with Gasteiger partial charge in [-0.25, -0.2) is 4.79 Å². The average molecular weight is 336 g/mol. The van der Waals surface area contributed by atoms with E-state index >= 15 is 0 Å². The molecule has 1 N–H and O–H groups in total. The van der Waals surface area contributed by atoms with Crippen molar-refractivity contribution in [3.63, 3.8) is 0 Å². The Bertz CT molecular complexity index is 519. The molecule has 0 radical (unpaired) electrons. The largest absolute Gasteiger partial charge is 0.478 e. The van der Waals surface area contributed by atoms with E-state index in [2.05, 4.69) is 35.2 Å². The first-order chi connectivity index (χ1) is 6.59. The number of thiol groups is 1. The van der Waals surface area contributed by atoms with Crippen molar-refractivity contribution < 1.29 is 9.90 Å². The zero-order valence-corrected chi connectivity index (χ0v) is 10.7. The van der Waals surface area contributed by atoms with E-state index < -0.39 is 5.97 Å². The van der Waals surface area contributed by atoms with Gasteiger partial charge in [-0.2, -0.15) is 0 Å². The molecular formula is C9H5IO2S2. The van der Waals surface area contributed by atoms with E-state index in [9.17, 15) is 4.79 Å². The first kappa shape index (κ1) is 10.3. The minimum absolute atomic E-state index is 0.323. The van der Waals surface area contributed by atoms with Gasteiger partial charge in [-0.3, -0.25) is 0 Å². The fraction of sp³-hybridized carbons (Fsp3) is 0. The number of hydrogen-bond acceptors (Lipinski definition) is 3. The summed E-state index contributed by atoms with van der Waals surface area (Å²) in [7, 11) is 0. The molecule has 2 nitrogen and oxygen atoms in total. The van der Waals surface area contributed by atoms with Crippen molar-refractivity contribution >= 4 is 62.6 Å². The summed E-state index contributed by atoms with van der Waals surface area (Å²) in [5, 5.41) is 9.83. The molecule has 0 saturated carbocycles. The zero-order chi connectivity index (χ0) is 10.3. The predicted molar refractivity (Wildman–Crippen MR) is 68.8 cm³/mol. The standard InChI is InChI=1S/C9H5IO2S2/c10-8-7(13)5-2-1-4(9(11)12)3-6(5)14-8/h1-3,13H,(H,11,12). The van der Waals surface area contributed by atoms with E-state index in [0.29, 0.717) is 5.56 Å². The summed E-state index contributed by atoms with van der Waals surface area (Å²) in [4.78, 5) is 11.7. The van der Waals surface area contributed by atoms with E-state index in [4.69, 9.17) is 5.11 Å².